The first kappa shape index (κ1) is 20.4. The van der Waals surface area contributed by atoms with Crippen molar-refractivity contribution in [2.24, 2.45) is 0 Å². The average Bonchev–Trinajstić information content (AvgIpc) is 2.74. The molecule has 2 aromatic carbocycles. The highest BCUT2D eigenvalue weighted by Gasteiger charge is 2.24. The molecule has 1 amide bonds. The molecule has 0 radical (unpaired) electrons. The van der Waals surface area contributed by atoms with E-state index in [1.807, 2.05) is 29.2 Å². The molecule has 0 atom stereocenters. The molecule has 150 valence electrons. The van der Waals surface area contributed by atoms with Gasteiger partial charge < -0.3 is 14.5 Å². The lowest BCUT2D eigenvalue weighted by atomic mass is 10.00. The molecule has 28 heavy (non-hydrogen) atoms. The Balaban J connectivity index is 1.62. The maximum Gasteiger partial charge on any atom is 0.227 e. The van der Waals surface area contributed by atoms with Crippen molar-refractivity contribution in [3.8, 4) is 5.75 Å². The van der Waals surface area contributed by atoms with E-state index in [2.05, 4.69) is 43.0 Å². The van der Waals surface area contributed by atoms with E-state index in [9.17, 15) is 4.79 Å². The zero-order valence-electron chi connectivity index (χ0n) is 17.2. The highest BCUT2D eigenvalue weighted by molar-refractivity contribution is 5.96. The number of benzene rings is 2. The lowest BCUT2D eigenvalue weighted by Gasteiger charge is -2.30. The number of carbonyl (C=O) groups excluding carboxylic acids is 1. The molecule has 0 bridgehead atoms. The molecule has 0 aliphatic carbocycles. The number of anilines is 1. The number of hydrogen-bond donors (Lipinski definition) is 0. The van der Waals surface area contributed by atoms with Crippen molar-refractivity contribution in [3.63, 3.8) is 0 Å². The molecule has 0 fully saturated rings. The summed E-state index contributed by atoms with van der Waals surface area (Å²) in [6, 6.07) is 16.6. The third-order valence-corrected chi connectivity index (χ3v) is 5.51. The molecule has 0 aromatic heterocycles. The van der Waals surface area contributed by atoms with Gasteiger partial charge in [0.1, 0.15) is 5.75 Å². The topological polar surface area (TPSA) is 32.8 Å². The SMILES string of the molecule is CCN(CC)CCCOc1ccc2c(c1)N(CCc1ccccc1)C(=O)CC2. The monoisotopic (exact) mass is 380 g/mol. The fourth-order valence-corrected chi connectivity index (χ4v) is 3.76. The van der Waals surface area contributed by atoms with E-state index in [-0.39, 0.29) is 5.91 Å². The summed E-state index contributed by atoms with van der Waals surface area (Å²) in [5, 5.41) is 0. The van der Waals surface area contributed by atoms with Gasteiger partial charge in [-0.3, -0.25) is 4.79 Å². The Kier molecular flexibility index (Phi) is 7.49. The molecular formula is C24H32N2O2. The number of carbonyl (C=O) groups is 1. The molecule has 0 saturated heterocycles. The van der Waals surface area contributed by atoms with E-state index in [4.69, 9.17) is 4.74 Å². The Morgan fingerprint density at radius 1 is 1.04 bits per heavy atom. The Morgan fingerprint density at radius 3 is 2.57 bits per heavy atom. The normalized spacial score (nSPS) is 13.7. The van der Waals surface area contributed by atoms with Gasteiger partial charge in [0.05, 0.1) is 12.3 Å². The Hall–Kier alpha value is -2.33. The summed E-state index contributed by atoms with van der Waals surface area (Å²) < 4.78 is 5.99. The van der Waals surface area contributed by atoms with Gasteiger partial charge in [-0.2, -0.15) is 0 Å². The highest BCUT2D eigenvalue weighted by atomic mass is 16.5. The van der Waals surface area contributed by atoms with Crippen LogP contribution in [0.2, 0.25) is 0 Å². The molecule has 0 unspecified atom stereocenters. The summed E-state index contributed by atoms with van der Waals surface area (Å²) in [7, 11) is 0. The fraction of sp³-hybridized carbons (Fsp3) is 0.458. The summed E-state index contributed by atoms with van der Waals surface area (Å²) in [6.45, 7) is 9.00. The minimum absolute atomic E-state index is 0.210. The molecule has 4 heteroatoms. The summed E-state index contributed by atoms with van der Waals surface area (Å²) in [4.78, 5) is 16.9. The molecule has 1 heterocycles. The molecule has 2 aromatic rings. The lowest BCUT2D eigenvalue weighted by Crippen LogP contribution is -2.36. The van der Waals surface area contributed by atoms with E-state index >= 15 is 0 Å². The van der Waals surface area contributed by atoms with Crippen LogP contribution in [-0.2, 0) is 17.6 Å². The van der Waals surface area contributed by atoms with Crippen molar-refractivity contribution >= 4 is 11.6 Å². The number of aryl methyl sites for hydroxylation is 1. The van der Waals surface area contributed by atoms with Crippen LogP contribution >= 0.6 is 0 Å². The number of amides is 1. The van der Waals surface area contributed by atoms with E-state index in [0.29, 0.717) is 19.6 Å². The molecule has 0 spiro atoms. The maximum atomic E-state index is 12.6. The van der Waals surface area contributed by atoms with Crippen LogP contribution in [0.1, 0.15) is 37.8 Å². The Morgan fingerprint density at radius 2 is 1.82 bits per heavy atom. The van der Waals surface area contributed by atoms with Crippen LogP contribution in [0.5, 0.6) is 5.75 Å². The summed E-state index contributed by atoms with van der Waals surface area (Å²) in [6.07, 6.45) is 3.28. The molecule has 1 aliphatic rings. The van der Waals surface area contributed by atoms with Gasteiger partial charge in [0, 0.05) is 25.6 Å². The lowest BCUT2D eigenvalue weighted by molar-refractivity contribution is -0.118. The van der Waals surface area contributed by atoms with Crippen LogP contribution in [0.25, 0.3) is 0 Å². The minimum atomic E-state index is 0.210. The third kappa shape index (κ3) is 5.35. The first-order chi connectivity index (χ1) is 13.7. The van der Waals surface area contributed by atoms with Crippen LogP contribution in [0.3, 0.4) is 0 Å². The summed E-state index contributed by atoms with van der Waals surface area (Å²) in [5.41, 5.74) is 3.52. The van der Waals surface area contributed by atoms with Gasteiger partial charge in [-0.05, 0) is 49.5 Å². The molecule has 4 nitrogen and oxygen atoms in total. The zero-order valence-corrected chi connectivity index (χ0v) is 17.2. The van der Waals surface area contributed by atoms with Crippen LogP contribution in [0.4, 0.5) is 5.69 Å². The van der Waals surface area contributed by atoms with Crippen molar-refractivity contribution < 1.29 is 9.53 Å². The maximum absolute atomic E-state index is 12.6. The van der Waals surface area contributed by atoms with Crippen LogP contribution in [-0.4, -0.2) is 43.6 Å². The highest BCUT2D eigenvalue weighted by Crippen LogP contribution is 2.31. The van der Waals surface area contributed by atoms with Gasteiger partial charge in [0.15, 0.2) is 0 Å². The van der Waals surface area contributed by atoms with E-state index in [1.165, 1.54) is 11.1 Å². The molecule has 1 aliphatic heterocycles. The summed E-state index contributed by atoms with van der Waals surface area (Å²) >= 11 is 0. The zero-order chi connectivity index (χ0) is 19.8. The van der Waals surface area contributed by atoms with Gasteiger partial charge in [-0.25, -0.2) is 0 Å². The van der Waals surface area contributed by atoms with Gasteiger partial charge in [0.25, 0.3) is 0 Å². The number of ether oxygens (including phenoxy) is 1. The second kappa shape index (κ2) is 10.3. The molecule has 3 rings (SSSR count). The summed E-state index contributed by atoms with van der Waals surface area (Å²) in [5.74, 6) is 1.07. The number of hydrogen-bond acceptors (Lipinski definition) is 3. The van der Waals surface area contributed by atoms with Crippen molar-refractivity contribution in [1.82, 2.24) is 4.90 Å². The Bertz CT molecular complexity index is 756. The smallest absolute Gasteiger partial charge is 0.227 e. The van der Waals surface area contributed by atoms with E-state index in [0.717, 1.165) is 50.3 Å². The first-order valence-electron chi connectivity index (χ1n) is 10.5. The number of fused-ring (bicyclic) bond motifs is 1. The molecular weight excluding hydrogens is 348 g/mol. The third-order valence-electron chi connectivity index (χ3n) is 5.51. The molecule has 0 N–H and O–H groups in total. The second-order valence-electron chi connectivity index (χ2n) is 7.30. The van der Waals surface area contributed by atoms with Crippen molar-refractivity contribution in [3.05, 3.63) is 59.7 Å². The van der Waals surface area contributed by atoms with Gasteiger partial charge in [-0.15, -0.1) is 0 Å². The number of rotatable bonds is 10. The molecule has 0 saturated carbocycles. The van der Waals surface area contributed by atoms with Crippen molar-refractivity contribution in [1.29, 1.82) is 0 Å². The largest absolute Gasteiger partial charge is 0.493 e. The van der Waals surface area contributed by atoms with Gasteiger partial charge in [0.2, 0.25) is 5.91 Å². The minimum Gasteiger partial charge on any atom is -0.493 e. The van der Waals surface area contributed by atoms with E-state index in [1.54, 1.807) is 0 Å². The second-order valence-corrected chi connectivity index (χ2v) is 7.30. The van der Waals surface area contributed by atoms with Crippen molar-refractivity contribution in [2.45, 2.75) is 39.5 Å². The van der Waals surface area contributed by atoms with Crippen LogP contribution in [0.15, 0.2) is 48.5 Å². The standard InChI is InChI=1S/C24H32N2O2/c1-3-25(4-2)16-8-18-28-22-13-11-21-12-14-24(27)26(23(21)19-22)17-15-20-9-6-5-7-10-20/h5-7,9-11,13,19H,3-4,8,12,14-18H2,1-2H3. The van der Waals surface area contributed by atoms with Gasteiger partial charge in [-0.1, -0.05) is 50.2 Å². The fourth-order valence-electron chi connectivity index (χ4n) is 3.76. The predicted octanol–water partition coefficient (Wildman–Crippen LogP) is 4.32. The predicted molar refractivity (Wildman–Crippen MR) is 115 cm³/mol. The quantitative estimate of drug-likeness (QED) is 0.576. The van der Waals surface area contributed by atoms with Crippen molar-refractivity contribution in [2.75, 3.05) is 37.7 Å². The van der Waals surface area contributed by atoms with Gasteiger partial charge >= 0.3 is 0 Å². The van der Waals surface area contributed by atoms with E-state index < -0.39 is 0 Å². The first-order valence-corrected chi connectivity index (χ1v) is 10.5. The Labute approximate surface area is 169 Å². The number of nitrogens with zero attached hydrogens (tertiary/aromatic N) is 2. The average molecular weight is 381 g/mol. The van der Waals surface area contributed by atoms with Crippen LogP contribution in [0, 0.1) is 0 Å². The van der Waals surface area contributed by atoms with Crippen LogP contribution < -0.4 is 9.64 Å².